The van der Waals surface area contributed by atoms with Gasteiger partial charge in [0.05, 0.1) is 30.3 Å². The molecule has 9 heteroatoms. The smallest absolute Gasteiger partial charge is 0.336 e. The largest absolute Gasteiger partial charge is 0.462 e. The number of allylic oxidation sites excluding steroid dienone is 2. The molecule has 0 saturated carbocycles. The molecule has 0 unspecified atom stereocenters. The first-order valence-electron chi connectivity index (χ1n) is 16.1. The van der Waals surface area contributed by atoms with Gasteiger partial charge in [-0.25, -0.2) is 9.59 Å². The zero-order chi connectivity index (χ0) is 33.7. The Morgan fingerprint density at radius 3 is 1.71 bits per heavy atom. The summed E-state index contributed by atoms with van der Waals surface area (Å²) in [5.74, 6) is -2.02. The number of amides is 1. The van der Waals surface area contributed by atoms with E-state index in [9.17, 15) is 14.4 Å². The summed E-state index contributed by atoms with van der Waals surface area (Å²) in [5.41, 5.74) is 6.06. The Bertz CT molecular complexity index is 1670. The van der Waals surface area contributed by atoms with Gasteiger partial charge in [-0.15, -0.1) is 0 Å². The Hall–Kier alpha value is -5.57. The number of aryl methyl sites for hydroxylation is 2. The summed E-state index contributed by atoms with van der Waals surface area (Å²) in [6.45, 7) is 4.39. The molecule has 0 aliphatic carbocycles. The third-order valence-corrected chi connectivity index (χ3v) is 8.13. The standard InChI is InChI=1S/C39H40N4O5/c1-27-34(38(45)47-22-8-14-29-12-6-20-40-24-29)36(32-16-18-33(19-17-32)37(44)42-26-31-10-4-3-5-11-31)35(28(2)43-27)39(46)48-23-9-15-30-13-7-21-41-25-30/h3-7,10-13,16-21,24-25,36,43H,8-9,14-15,22-23,26H2,1-2H3,(H,42,44). The van der Waals surface area contributed by atoms with Crippen molar-refractivity contribution in [2.75, 3.05) is 13.2 Å². The van der Waals surface area contributed by atoms with E-state index in [1.54, 1.807) is 62.9 Å². The number of aromatic nitrogens is 2. The lowest BCUT2D eigenvalue weighted by Gasteiger charge is -2.30. The zero-order valence-electron chi connectivity index (χ0n) is 27.3. The molecule has 9 nitrogen and oxygen atoms in total. The monoisotopic (exact) mass is 644 g/mol. The Labute approximate surface area is 281 Å². The van der Waals surface area contributed by atoms with E-state index >= 15 is 0 Å². The third-order valence-electron chi connectivity index (χ3n) is 8.13. The first kappa shape index (κ1) is 33.8. The second kappa shape index (κ2) is 16.8. The van der Waals surface area contributed by atoms with Crippen molar-refractivity contribution in [3.63, 3.8) is 0 Å². The summed E-state index contributed by atoms with van der Waals surface area (Å²) < 4.78 is 11.5. The van der Waals surface area contributed by atoms with Crippen LogP contribution in [0.2, 0.25) is 0 Å². The van der Waals surface area contributed by atoms with E-state index in [0.29, 0.717) is 65.9 Å². The molecule has 4 aromatic rings. The summed E-state index contributed by atoms with van der Waals surface area (Å²) in [4.78, 5) is 48.7. The van der Waals surface area contributed by atoms with Crippen LogP contribution in [0.1, 0.15) is 65.2 Å². The van der Waals surface area contributed by atoms with Crippen molar-refractivity contribution < 1.29 is 23.9 Å². The highest BCUT2D eigenvalue weighted by molar-refractivity contribution is 6.00. The number of benzene rings is 2. The fourth-order valence-corrected chi connectivity index (χ4v) is 5.71. The Morgan fingerprint density at radius 1 is 0.688 bits per heavy atom. The van der Waals surface area contributed by atoms with Crippen LogP contribution in [0.25, 0.3) is 0 Å². The molecule has 48 heavy (non-hydrogen) atoms. The van der Waals surface area contributed by atoms with Gasteiger partial charge in [-0.1, -0.05) is 54.6 Å². The minimum absolute atomic E-state index is 0.203. The van der Waals surface area contributed by atoms with Gasteiger partial charge in [0.2, 0.25) is 0 Å². The average molecular weight is 645 g/mol. The van der Waals surface area contributed by atoms with Gasteiger partial charge in [0.25, 0.3) is 5.91 Å². The molecule has 3 heterocycles. The molecule has 2 aromatic heterocycles. The molecule has 2 N–H and O–H groups in total. The minimum atomic E-state index is -0.760. The van der Waals surface area contributed by atoms with Crippen molar-refractivity contribution >= 4 is 17.8 Å². The van der Waals surface area contributed by atoms with Crippen molar-refractivity contribution in [1.29, 1.82) is 0 Å². The molecule has 1 aliphatic rings. The van der Waals surface area contributed by atoms with Crippen LogP contribution in [0.3, 0.4) is 0 Å². The number of dihydropyridines is 1. The van der Waals surface area contributed by atoms with Crippen LogP contribution in [-0.2, 0) is 38.4 Å². The fourth-order valence-electron chi connectivity index (χ4n) is 5.71. The second-order valence-electron chi connectivity index (χ2n) is 11.6. The molecule has 0 radical (unpaired) electrons. The van der Waals surface area contributed by atoms with E-state index < -0.39 is 17.9 Å². The normalized spacial score (nSPS) is 13.1. The summed E-state index contributed by atoms with van der Waals surface area (Å²) in [6, 6.07) is 24.3. The fraction of sp³-hybridized carbons (Fsp3) is 0.256. The molecule has 1 amide bonds. The number of rotatable bonds is 14. The molecule has 0 saturated heterocycles. The Balaban J connectivity index is 1.33. The number of carbonyl (C=O) groups is 3. The maximum absolute atomic E-state index is 13.7. The van der Waals surface area contributed by atoms with Gasteiger partial charge in [-0.2, -0.15) is 0 Å². The van der Waals surface area contributed by atoms with Crippen molar-refractivity contribution in [3.05, 3.63) is 154 Å². The van der Waals surface area contributed by atoms with Crippen LogP contribution in [0.15, 0.2) is 126 Å². The van der Waals surface area contributed by atoms with Gasteiger partial charge in [0.15, 0.2) is 0 Å². The maximum Gasteiger partial charge on any atom is 0.336 e. The van der Waals surface area contributed by atoms with Crippen molar-refractivity contribution in [2.24, 2.45) is 0 Å². The molecule has 0 bridgehead atoms. The highest BCUT2D eigenvalue weighted by atomic mass is 16.5. The van der Waals surface area contributed by atoms with Crippen molar-refractivity contribution in [3.8, 4) is 0 Å². The molecule has 1 aliphatic heterocycles. The zero-order valence-corrected chi connectivity index (χ0v) is 27.3. The molecule has 2 aromatic carbocycles. The van der Waals surface area contributed by atoms with E-state index in [0.717, 1.165) is 16.7 Å². The molecular formula is C39H40N4O5. The first-order valence-corrected chi connectivity index (χ1v) is 16.1. The maximum atomic E-state index is 13.7. The van der Waals surface area contributed by atoms with Gasteiger partial charge in [0, 0.05) is 48.3 Å². The van der Waals surface area contributed by atoms with E-state index in [4.69, 9.17) is 9.47 Å². The van der Waals surface area contributed by atoms with Crippen LogP contribution in [0.5, 0.6) is 0 Å². The number of hydrogen-bond donors (Lipinski definition) is 2. The third kappa shape index (κ3) is 9.03. The second-order valence-corrected chi connectivity index (χ2v) is 11.6. The summed E-state index contributed by atoms with van der Waals surface area (Å²) in [6.07, 6.45) is 9.70. The van der Waals surface area contributed by atoms with Gasteiger partial charge in [0.1, 0.15) is 0 Å². The summed E-state index contributed by atoms with van der Waals surface area (Å²) in [7, 11) is 0. The van der Waals surface area contributed by atoms with Gasteiger partial charge < -0.3 is 20.1 Å². The molecule has 0 atom stereocenters. The number of nitrogens with one attached hydrogen (secondary N) is 2. The van der Waals surface area contributed by atoms with Gasteiger partial charge >= 0.3 is 11.9 Å². The average Bonchev–Trinajstić information content (AvgIpc) is 3.12. The number of nitrogens with zero attached hydrogens (tertiary/aromatic N) is 2. The van der Waals surface area contributed by atoms with E-state index in [-0.39, 0.29) is 19.1 Å². The van der Waals surface area contributed by atoms with Crippen molar-refractivity contribution in [1.82, 2.24) is 20.6 Å². The van der Waals surface area contributed by atoms with Crippen LogP contribution in [-0.4, -0.2) is 41.0 Å². The lowest BCUT2D eigenvalue weighted by molar-refractivity contribution is -0.140. The molecule has 5 rings (SSSR count). The molecule has 0 fully saturated rings. The van der Waals surface area contributed by atoms with E-state index in [1.165, 1.54) is 0 Å². The van der Waals surface area contributed by atoms with Crippen LogP contribution >= 0.6 is 0 Å². The van der Waals surface area contributed by atoms with Gasteiger partial charge in [-0.3, -0.25) is 14.8 Å². The topological polar surface area (TPSA) is 120 Å². The van der Waals surface area contributed by atoms with Crippen LogP contribution in [0, 0.1) is 0 Å². The number of hydrogen-bond acceptors (Lipinski definition) is 8. The predicted octanol–water partition coefficient (Wildman–Crippen LogP) is 5.99. The summed E-state index contributed by atoms with van der Waals surface area (Å²) in [5, 5.41) is 6.15. The highest BCUT2D eigenvalue weighted by Gasteiger charge is 2.38. The Kier molecular flexibility index (Phi) is 11.8. The van der Waals surface area contributed by atoms with Crippen LogP contribution in [0.4, 0.5) is 0 Å². The quantitative estimate of drug-likeness (QED) is 0.127. The highest BCUT2D eigenvalue weighted by Crippen LogP contribution is 2.39. The molecule has 246 valence electrons. The first-order chi connectivity index (χ1) is 23.4. The van der Waals surface area contributed by atoms with E-state index in [1.807, 2.05) is 54.6 Å². The Morgan fingerprint density at radius 2 is 1.21 bits per heavy atom. The number of carbonyl (C=O) groups excluding carboxylic acids is 3. The number of esters is 2. The minimum Gasteiger partial charge on any atom is -0.462 e. The lowest BCUT2D eigenvalue weighted by atomic mass is 9.80. The lowest BCUT2D eigenvalue weighted by Crippen LogP contribution is -2.33. The molecular weight excluding hydrogens is 604 g/mol. The van der Waals surface area contributed by atoms with E-state index in [2.05, 4.69) is 20.6 Å². The predicted molar refractivity (Wildman–Crippen MR) is 182 cm³/mol. The summed E-state index contributed by atoms with van der Waals surface area (Å²) >= 11 is 0. The number of ether oxygens (including phenoxy) is 2. The molecule has 0 spiro atoms. The van der Waals surface area contributed by atoms with Crippen LogP contribution < -0.4 is 10.6 Å². The number of pyridine rings is 2. The van der Waals surface area contributed by atoms with Gasteiger partial charge in [-0.05, 0) is 86.1 Å². The van der Waals surface area contributed by atoms with Crippen molar-refractivity contribution in [2.45, 2.75) is 52.0 Å². The SMILES string of the molecule is CC1=C(C(=O)OCCCc2cccnc2)C(c2ccc(C(=O)NCc3ccccc3)cc2)C(C(=O)OCCCc2cccnc2)=C(C)N1.